The molecule has 0 aromatic heterocycles. The predicted octanol–water partition coefficient (Wildman–Crippen LogP) is 4.09. The van der Waals surface area contributed by atoms with Gasteiger partial charge < -0.3 is 14.8 Å². The molecular formula is C17H21NO2. The fourth-order valence-corrected chi connectivity index (χ4v) is 1.95. The first-order chi connectivity index (χ1) is 9.69. The van der Waals surface area contributed by atoms with Gasteiger partial charge >= 0.3 is 0 Å². The number of nitrogens with one attached hydrogen (secondary N) is 1. The van der Waals surface area contributed by atoms with Gasteiger partial charge in [-0.3, -0.25) is 0 Å². The van der Waals surface area contributed by atoms with Crippen LogP contribution in [0.15, 0.2) is 48.5 Å². The van der Waals surface area contributed by atoms with E-state index in [4.69, 9.17) is 9.47 Å². The van der Waals surface area contributed by atoms with Crippen molar-refractivity contribution in [2.45, 2.75) is 26.5 Å². The Bertz CT molecular complexity index is 538. The molecule has 0 saturated carbocycles. The van der Waals surface area contributed by atoms with Gasteiger partial charge in [-0.2, -0.15) is 0 Å². The van der Waals surface area contributed by atoms with Crippen LogP contribution in [0, 0.1) is 0 Å². The number of benzene rings is 2. The van der Waals surface area contributed by atoms with Gasteiger partial charge in [0.1, 0.15) is 6.61 Å². The highest BCUT2D eigenvalue weighted by Crippen LogP contribution is 2.31. The fraction of sp³-hybridized carbons (Fsp3) is 0.294. The van der Waals surface area contributed by atoms with Crippen LogP contribution < -0.4 is 14.8 Å². The molecule has 2 aromatic rings. The Kier molecular flexibility index (Phi) is 4.88. The molecule has 0 unspecified atom stereocenters. The summed E-state index contributed by atoms with van der Waals surface area (Å²) < 4.78 is 11.2. The topological polar surface area (TPSA) is 30.5 Å². The monoisotopic (exact) mass is 271 g/mol. The van der Waals surface area contributed by atoms with Gasteiger partial charge in [-0.25, -0.2) is 0 Å². The van der Waals surface area contributed by atoms with E-state index in [1.54, 1.807) is 7.11 Å². The molecule has 1 N–H and O–H groups in total. The van der Waals surface area contributed by atoms with Crippen LogP contribution in [0.25, 0.3) is 0 Å². The Morgan fingerprint density at radius 1 is 1.00 bits per heavy atom. The molecule has 0 heterocycles. The molecule has 3 nitrogen and oxygen atoms in total. The molecule has 0 fully saturated rings. The second-order valence-corrected chi connectivity index (χ2v) is 4.94. The van der Waals surface area contributed by atoms with E-state index in [9.17, 15) is 0 Å². The number of ether oxygens (including phenoxy) is 2. The lowest BCUT2D eigenvalue weighted by Crippen LogP contribution is -2.09. The van der Waals surface area contributed by atoms with Gasteiger partial charge in [0, 0.05) is 17.8 Å². The Hall–Kier alpha value is -2.16. The fourth-order valence-electron chi connectivity index (χ4n) is 1.95. The first-order valence-corrected chi connectivity index (χ1v) is 6.80. The Morgan fingerprint density at radius 3 is 2.40 bits per heavy atom. The molecule has 3 heteroatoms. The third-order valence-corrected chi connectivity index (χ3v) is 2.86. The van der Waals surface area contributed by atoms with Crippen molar-refractivity contribution in [3.63, 3.8) is 0 Å². The molecule has 0 aliphatic carbocycles. The summed E-state index contributed by atoms with van der Waals surface area (Å²) in [4.78, 5) is 0. The minimum Gasteiger partial charge on any atom is -0.493 e. The van der Waals surface area contributed by atoms with E-state index in [1.165, 1.54) is 0 Å². The second kappa shape index (κ2) is 6.85. The van der Waals surface area contributed by atoms with E-state index in [-0.39, 0.29) is 0 Å². The van der Waals surface area contributed by atoms with Crippen molar-refractivity contribution in [1.29, 1.82) is 0 Å². The van der Waals surface area contributed by atoms with Gasteiger partial charge in [-0.1, -0.05) is 30.3 Å². The maximum Gasteiger partial charge on any atom is 0.163 e. The quantitative estimate of drug-likeness (QED) is 0.858. The molecule has 20 heavy (non-hydrogen) atoms. The zero-order chi connectivity index (χ0) is 14.4. The van der Waals surface area contributed by atoms with Crippen molar-refractivity contribution >= 4 is 5.69 Å². The normalized spacial score (nSPS) is 10.4. The molecule has 0 radical (unpaired) electrons. The summed E-state index contributed by atoms with van der Waals surface area (Å²) in [5, 5.41) is 3.36. The highest BCUT2D eigenvalue weighted by molar-refractivity contribution is 5.55. The lowest BCUT2D eigenvalue weighted by molar-refractivity contribution is 0.284. The highest BCUT2D eigenvalue weighted by Gasteiger charge is 2.07. The minimum absolute atomic E-state index is 0.380. The first kappa shape index (κ1) is 14.3. The molecule has 0 spiro atoms. The summed E-state index contributed by atoms with van der Waals surface area (Å²) in [6.45, 7) is 4.74. The van der Waals surface area contributed by atoms with Gasteiger partial charge in [0.15, 0.2) is 11.5 Å². The van der Waals surface area contributed by atoms with Crippen LogP contribution in [0.5, 0.6) is 11.5 Å². The number of rotatable bonds is 6. The molecule has 2 aromatic carbocycles. The Labute approximate surface area is 120 Å². The van der Waals surface area contributed by atoms with Crippen LogP contribution in [0.3, 0.4) is 0 Å². The summed E-state index contributed by atoms with van der Waals surface area (Å²) in [5.41, 5.74) is 2.17. The summed E-state index contributed by atoms with van der Waals surface area (Å²) in [6, 6.07) is 16.4. The number of methoxy groups -OCH3 is 1. The zero-order valence-electron chi connectivity index (χ0n) is 12.2. The van der Waals surface area contributed by atoms with Crippen molar-refractivity contribution in [3.05, 3.63) is 54.1 Å². The molecule has 0 saturated heterocycles. The van der Waals surface area contributed by atoms with E-state index < -0.39 is 0 Å². The molecule has 0 aliphatic heterocycles. The van der Waals surface area contributed by atoms with Crippen LogP contribution in [0.4, 0.5) is 5.69 Å². The van der Waals surface area contributed by atoms with Gasteiger partial charge in [0.05, 0.1) is 7.11 Å². The largest absolute Gasteiger partial charge is 0.493 e. The van der Waals surface area contributed by atoms with Crippen molar-refractivity contribution in [2.24, 2.45) is 0 Å². The maximum absolute atomic E-state index is 5.87. The van der Waals surface area contributed by atoms with Gasteiger partial charge in [-0.15, -0.1) is 0 Å². The summed E-state index contributed by atoms with van der Waals surface area (Å²) in [7, 11) is 1.65. The lowest BCUT2D eigenvalue weighted by atomic mass is 10.2. The predicted molar refractivity (Wildman–Crippen MR) is 82.5 cm³/mol. The van der Waals surface area contributed by atoms with Crippen LogP contribution in [0.2, 0.25) is 0 Å². The first-order valence-electron chi connectivity index (χ1n) is 6.80. The third-order valence-electron chi connectivity index (χ3n) is 2.86. The second-order valence-electron chi connectivity index (χ2n) is 4.94. The summed E-state index contributed by atoms with van der Waals surface area (Å²) in [6.07, 6.45) is 0. The van der Waals surface area contributed by atoms with E-state index in [1.807, 2.05) is 48.5 Å². The van der Waals surface area contributed by atoms with E-state index in [0.29, 0.717) is 12.6 Å². The maximum atomic E-state index is 5.87. The minimum atomic E-state index is 0.380. The van der Waals surface area contributed by atoms with Crippen molar-refractivity contribution in [3.8, 4) is 11.5 Å². The average molecular weight is 271 g/mol. The molecule has 0 atom stereocenters. The molecule has 106 valence electrons. The Balaban J connectivity index is 2.12. The van der Waals surface area contributed by atoms with E-state index in [2.05, 4.69) is 19.2 Å². The molecule has 0 aliphatic rings. The van der Waals surface area contributed by atoms with Gasteiger partial charge in [0.25, 0.3) is 0 Å². The Morgan fingerprint density at radius 2 is 1.75 bits per heavy atom. The standard InChI is InChI=1S/C17H21NO2/c1-13(2)18-15-9-10-16(19-3)17(11-15)20-12-14-7-5-4-6-8-14/h4-11,13,18H,12H2,1-3H3. The van der Waals surface area contributed by atoms with Gasteiger partial charge in [0.2, 0.25) is 0 Å². The molecule has 2 rings (SSSR count). The number of hydrogen-bond donors (Lipinski definition) is 1. The van der Waals surface area contributed by atoms with Crippen molar-refractivity contribution in [1.82, 2.24) is 0 Å². The SMILES string of the molecule is COc1ccc(NC(C)C)cc1OCc1ccccc1. The van der Waals surface area contributed by atoms with Crippen LogP contribution >= 0.6 is 0 Å². The van der Waals surface area contributed by atoms with E-state index in [0.717, 1.165) is 22.7 Å². The number of hydrogen-bond acceptors (Lipinski definition) is 3. The van der Waals surface area contributed by atoms with Crippen molar-refractivity contribution in [2.75, 3.05) is 12.4 Å². The molecular weight excluding hydrogens is 250 g/mol. The molecule has 0 bridgehead atoms. The zero-order valence-corrected chi connectivity index (χ0v) is 12.2. The van der Waals surface area contributed by atoms with Gasteiger partial charge in [-0.05, 0) is 31.5 Å². The molecule has 0 amide bonds. The summed E-state index contributed by atoms with van der Waals surface area (Å²) in [5.74, 6) is 1.50. The average Bonchev–Trinajstić information content (AvgIpc) is 2.46. The third kappa shape index (κ3) is 3.92. The van der Waals surface area contributed by atoms with Crippen LogP contribution in [0.1, 0.15) is 19.4 Å². The lowest BCUT2D eigenvalue weighted by Gasteiger charge is -2.15. The highest BCUT2D eigenvalue weighted by atomic mass is 16.5. The smallest absolute Gasteiger partial charge is 0.163 e. The van der Waals surface area contributed by atoms with E-state index >= 15 is 0 Å². The summed E-state index contributed by atoms with van der Waals surface area (Å²) >= 11 is 0. The van der Waals surface area contributed by atoms with Crippen LogP contribution in [-0.4, -0.2) is 13.2 Å². The van der Waals surface area contributed by atoms with Crippen LogP contribution in [-0.2, 0) is 6.61 Å². The van der Waals surface area contributed by atoms with Crippen molar-refractivity contribution < 1.29 is 9.47 Å². The number of anilines is 1.